The summed E-state index contributed by atoms with van der Waals surface area (Å²) in [6.45, 7) is 2.42. The lowest BCUT2D eigenvalue weighted by Gasteiger charge is -2.12. The topological polar surface area (TPSA) is 75.6 Å². The molecule has 0 spiro atoms. The Morgan fingerprint density at radius 3 is 2.41 bits per heavy atom. The molecule has 1 heterocycles. The van der Waals surface area contributed by atoms with Crippen LogP contribution in [0.15, 0.2) is 77.9 Å². The first kappa shape index (κ1) is 20.1. The lowest BCUT2D eigenvalue weighted by molar-refractivity contribution is 0.0977. The highest BCUT2D eigenvalue weighted by Gasteiger charge is 2.10. The molecule has 0 radical (unpaired) electrons. The molecule has 6 heteroatoms. The number of carbonyl (C=O) groups excluding carboxylic acids is 1. The second kappa shape index (κ2) is 10.0. The first-order valence-electron chi connectivity index (χ1n) is 9.43. The molecule has 0 atom stereocenters. The molecule has 1 amide bonds. The maximum atomic E-state index is 12.7. The number of hydrogen-bond acceptors (Lipinski definition) is 4. The zero-order valence-electron chi connectivity index (χ0n) is 16.6. The predicted molar refractivity (Wildman–Crippen MR) is 115 cm³/mol. The average molecular weight is 388 g/mol. The molecule has 0 saturated heterocycles. The van der Waals surface area contributed by atoms with Gasteiger partial charge in [0.05, 0.1) is 19.3 Å². The molecule has 0 fully saturated rings. The highest BCUT2D eigenvalue weighted by atomic mass is 16.5. The molecule has 29 heavy (non-hydrogen) atoms. The minimum Gasteiger partial charge on any atom is -0.497 e. The Balaban J connectivity index is 1.77. The number of aromatic nitrogens is 1. The fraction of sp³-hybridized carbons (Fsp3) is 0.174. The minimum atomic E-state index is -0.228. The van der Waals surface area contributed by atoms with Crippen molar-refractivity contribution >= 4 is 17.6 Å². The lowest BCUT2D eigenvalue weighted by Crippen LogP contribution is -2.36. The first-order chi connectivity index (χ1) is 14.2. The van der Waals surface area contributed by atoms with Gasteiger partial charge in [0.15, 0.2) is 0 Å². The van der Waals surface area contributed by atoms with E-state index in [0.29, 0.717) is 18.1 Å². The number of benzene rings is 2. The van der Waals surface area contributed by atoms with Crippen LogP contribution in [0.4, 0.5) is 5.69 Å². The van der Waals surface area contributed by atoms with Crippen molar-refractivity contribution in [2.24, 2.45) is 4.99 Å². The number of methoxy groups -OCH3 is 1. The van der Waals surface area contributed by atoms with Gasteiger partial charge in [-0.2, -0.15) is 0 Å². The maximum absolute atomic E-state index is 12.7. The summed E-state index contributed by atoms with van der Waals surface area (Å²) >= 11 is 0. The normalized spacial score (nSPS) is 11.0. The van der Waals surface area contributed by atoms with Crippen LogP contribution in [0.25, 0.3) is 0 Å². The van der Waals surface area contributed by atoms with Gasteiger partial charge < -0.3 is 10.1 Å². The van der Waals surface area contributed by atoms with Crippen LogP contribution >= 0.6 is 0 Å². The fourth-order valence-electron chi connectivity index (χ4n) is 2.64. The van der Waals surface area contributed by atoms with E-state index in [1.54, 1.807) is 13.3 Å². The monoisotopic (exact) mass is 388 g/mol. The molecule has 3 aromatic rings. The number of ether oxygens (including phenoxy) is 1. The van der Waals surface area contributed by atoms with Crippen molar-refractivity contribution in [1.82, 2.24) is 10.3 Å². The van der Waals surface area contributed by atoms with Crippen LogP contribution in [0.5, 0.6) is 5.75 Å². The van der Waals surface area contributed by atoms with Gasteiger partial charge in [-0.15, -0.1) is 0 Å². The Hall–Kier alpha value is -3.67. The van der Waals surface area contributed by atoms with Crippen molar-refractivity contribution in [2.75, 3.05) is 12.4 Å². The molecule has 6 nitrogen and oxygen atoms in total. The van der Waals surface area contributed by atoms with Crippen LogP contribution in [0.1, 0.15) is 28.5 Å². The van der Waals surface area contributed by atoms with Gasteiger partial charge in [-0.3, -0.25) is 15.1 Å². The number of guanidine groups is 1. The number of rotatable bonds is 6. The van der Waals surface area contributed by atoms with Gasteiger partial charge in [0.1, 0.15) is 5.75 Å². The van der Waals surface area contributed by atoms with Gasteiger partial charge in [-0.25, -0.2) is 4.99 Å². The zero-order valence-corrected chi connectivity index (χ0v) is 16.6. The second-order valence-corrected chi connectivity index (χ2v) is 6.34. The zero-order chi connectivity index (χ0) is 20.5. The summed E-state index contributed by atoms with van der Waals surface area (Å²) in [6, 6.07) is 20.6. The second-order valence-electron chi connectivity index (χ2n) is 6.34. The SMILES string of the molecule is CCc1ccc(C(=O)NC(=NCc2ccccn2)Nc2ccc(OC)cc2)cc1. The summed E-state index contributed by atoms with van der Waals surface area (Å²) in [7, 11) is 1.62. The number of anilines is 1. The number of nitrogens with zero attached hydrogens (tertiary/aromatic N) is 2. The lowest BCUT2D eigenvalue weighted by atomic mass is 10.1. The molecule has 3 rings (SSSR count). The van der Waals surface area contributed by atoms with E-state index in [2.05, 4.69) is 27.5 Å². The number of carbonyl (C=O) groups is 1. The Morgan fingerprint density at radius 1 is 1.03 bits per heavy atom. The highest BCUT2D eigenvalue weighted by molar-refractivity contribution is 6.09. The summed E-state index contributed by atoms with van der Waals surface area (Å²) in [5.41, 5.74) is 3.35. The van der Waals surface area contributed by atoms with E-state index >= 15 is 0 Å². The van der Waals surface area contributed by atoms with Crippen molar-refractivity contribution < 1.29 is 9.53 Å². The first-order valence-corrected chi connectivity index (χ1v) is 9.43. The van der Waals surface area contributed by atoms with Crippen LogP contribution in [0.2, 0.25) is 0 Å². The Morgan fingerprint density at radius 2 is 1.79 bits per heavy atom. The third kappa shape index (κ3) is 5.90. The van der Waals surface area contributed by atoms with E-state index in [-0.39, 0.29) is 5.91 Å². The molecular formula is C23H24N4O2. The molecule has 0 aliphatic carbocycles. The van der Waals surface area contributed by atoms with E-state index in [4.69, 9.17) is 4.74 Å². The van der Waals surface area contributed by atoms with Crippen molar-refractivity contribution in [3.05, 3.63) is 89.7 Å². The number of pyridine rings is 1. The van der Waals surface area contributed by atoms with Gasteiger partial charge in [0.2, 0.25) is 5.96 Å². The Bertz CT molecular complexity index is 952. The number of nitrogens with one attached hydrogen (secondary N) is 2. The Kier molecular flexibility index (Phi) is 6.95. The van der Waals surface area contributed by atoms with E-state index in [1.165, 1.54) is 5.56 Å². The van der Waals surface area contributed by atoms with Gasteiger partial charge >= 0.3 is 0 Å². The molecular weight excluding hydrogens is 364 g/mol. The van der Waals surface area contributed by atoms with Crippen molar-refractivity contribution in [2.45, 2.75) is 19.9 Å². The molecule has 0 aliphatic heterocycles. The minimum absolute atomic E-state index is 0.228. The van der Waals surface area contributed by atoms with E-state index in [1.807, 2.05) is 66.7 Å². The third-order valence-corrected chi connectivity index (χ3v) is 4.33. The number of amides is 1. The Labute approximate surface area is 170 Å². The van der Waals surface area contributed by atoms with Crippen molar-refractivity contribution in [3.63, 3.8) is 0 Å². The maximum Gasteiger partial charge on any atom is 0.257 e. The van der Waals surface area contributed by atoms with Gasteiger partial charge in [-0.05, 0) is 60.5 Å². The van der Waals surface area contributed by atoms with Crippen LogP contribution in [0, 0.1) is 0 Å². The quantitative estimate of drug-likeness (QED) is 0.493. The smallest absolute Gasteiger partial charge is 0.257 e. The standard InChI is InChI=1S/C23H24N4O2/c1-3-17-7-9-18(10-8-17)22(28)27-23(25-16-20-6-4-5-15-24-20)26-19-11-13-21(29-2)14-12-19/h4-15H,3,16H2,1-2H3,(H2,25,26,27,28). The fourth-order valence-corrected chi connectivity index (χ4v) is 2.64. The number of hydrogen-bond donors (Lipinski definition) is 2. The van der Waals surface area contributed by atoms with Gasteiger partial charge in [0.25, 0.3) is 5.91 Å². The van der Waals surface area contributed by atoms with Crippen LogP contribution in [-0.2, 0) is 13.0 Å². The van der Waals surface area contributed by atoms with Crippen LogP contribution in [0.3, 0.4) is 0 Å². The third-order valence-electron chi connectivity index (χ3n) is 4.33. The van der Waals surface area contributed by atoms with Crippen molar-refractivity contribution in [1.29, 1.82) is 0 Å². The molecule has 0 unspecified atom stereocenters. The number of aryl methyl sites for hydroxylation is 1. The molecule has 2 N–H and O–H groups in total. The molecule has 148 valence electrons. The molecule has 0 bridgehead atoms. The van der Waals surface area contributed by atoms with E-state index < -0.39 is 0 Å². The molecule has 0 aliphatic rings. The predicted octanol–water partition coefficient (Wildman–Crippen LogP) is 4.05. The molecule has 2 aromatic carbocycles. The molecule has 1 aromatic heterocycles. The summed E-state index contributed by atoms with van der Waals surface area (Å²) in [5.74, 6) is 0.876. The van der Waals surface area contributed by atoms with Gasteiger partial charge in [-0.1, -0.05) is 25.1 Å². The van der Waals surface area contributed by atoms with E-state index in [0.717, 1.165) is 23.6 Å². The summed E-state index contributed by atoms with van der Waals surface area (Å²) in [4.78, 5) is 21.5. The largest absolute Gasteiger partial charge is 0.497 e. The summed E-state index contributed by atoms with van der Waals surface area (Å²) < 4.78 is 5.18. The van der Waals surface area contributed by atoms with Crippen molar-refractivity contribution in [3.8, 4) is 5.75 Å². The average Bonchev–Trinajstić information content (AvgIpc) is 2.78. The van der Waals surface area contributed by atoms with E-state index in [9.17, 15) is 4.79 Å². The number of aliphatic imine (C=N–C) groups is 1. The van der Waals surface area contributed by atoms with Gasteiger partial charge in [0, 0.05) is 17.4 Å². The summed E-state index contributed by atoms with van der Waals surface area (Å²) in [6.07, 6.45) is 2.65. The highest BCUT2D eigenvalue weighted by Crippen LogP contribution is 2.15. The summed E-state index contributed by atoms with van der Waals surface area (Å²) in [5, 5.41) is 6.02. The van der Waals surface area contributed by atoms with Crippen LogP contribution < -0.4 is 15.4 Å². The molecule has 0 saturated carbocycles. The van der Waals surface area contributed by atoms with Crippen LogP contribution in [-0.4, -0.2) is 24.0 Å².